The number of nitrogens with zero attached hydrogens (tertiary/aromatic N) is 2. The summed E-state index contributed by atoms with van der Waals surface area (Å²) in [6, 6.07) is 12.4. The molecule has 0 saturated carbocycles. The normalized spacial score (nSPS) is 10.6. The molecule has 0 atom stereocenters. The van der Waals surface area contributed by atoms with Gasteiger partial charge >= 0.3 is 5.69 Å². The number of anilines is 1. The molecular weight excluding hydrogens is 270 g/mol. The van der Waals surface area contributed by atoms with E-state index in [1.54, 1.807) is 12.1 Å². The molecule has 6 nitrogen and oxygen atoms in total. The average molecular weight is 285 g/mol. The highest BCUT2D eigenvalue weighted by Crippen LogP contribution is 2.26. The van der Waals surface area contributed by atoms with E-state index in [0.29, 0.717) is 5.56 Å². The Morgan fingerprint density at radius 3 is 2.57 bits per heavy atom. The second-order valence-electron chi connectivity index (χ2n) is 4.42. The van der Waals surface area contributed by atoms with Gasteiger partial charge in [-0.1, -0.05) is 17.7 Å². The topological polar surface area (TPSA) is 76.8 Å². The largest absolute Gasteiger partial charge is 0.490 e. The summed E-state index contributed by atoms with van der Waals surface area (Å²) in [4.78, 5) is 10.4. The second kappa shape index (κ2) is 6.51. The van der Waals surface area contributed by atoms with Gasteiger partial charge in [-0.25, -0.2) is 0 Å². The molecule has 2 rings (SSSR count). The van der Waals surface area contributed by atoms with Crippen molar-refractivity contribution in [2.45, 2.75) is 6.92 Å². The molecule has 108 valence electrons. The van der Waals surface area contributed by atoms with Gasteiger partial charge in [-0.2, -0.15) is 5.10 Å². The zero-order valence-corrected chi connectivity index (χ0v) is 11.7. The summed E-state index contributed by atoms with van der Waals surface area (Å²) in [6.07, 6.45) is 1.52. The maximum atomic E-state index is 10.9. The maximum absolute atomic E-state index is 10.9. The Bertz CT molecular complexity index is 666. The predicted molar refractivity (Wildman–Crippen MR) is 82.0 cm³/mol. The Labute approximate surface area is 122 Å². The van der Waals surface area contributed by atoms with E-state index in [-0.39, 0.29) is 11.4 Å². The minimum atomic E-state index is -0.483. The van der Waals surface area contributed by atoms with Gasteiger partial charge in [0.05, 0.1) is 23.9 Å². The van der Waals surface area contributed by atoms with Crippen molar-refractivity contribution in [2.75, 3.05) is 12.5 Å². The van der Waals surface area contributed by atoms with Crippen LogP contribution >= 0.6 is 0 Å². The van der Waals surface area contributed by atoms with Gasteiger partial charge in [-0.05, 0) is 31.2 Å². The fourth-order valence-corrected chi connectivity index (χ4v) is 1.74. The molecule has 0 radical (unpaired) electrons. The number of hydrogen-bond donors (Lipinski definition) is 1. The lowest BCUT2D eigenvalue weighted by molar-refractivity contribution is -0.385. The highest BCUT2D eigenvalue weighted by Gasteiger charge is 2.14. The number of ether oxygens (including phenoxy) is 1. The van der Waals surface area contributed by atoms with E-state index >= 15 is 0 Å². The summed E-state index contributed by atoms with van der Waals surface area (Å²) in [5, 5.41) is 15.0. The lowest BCUT2D eigenvalue weighted by atomic mass is 10.2. The zero-order chi connectivity index (χ0) is 15.2. The number of nitro benzene ring substituents is 1. The molecule has 0 spiro atoms. The Kier molecular flexibility index (Phi) is 4.50. The van der Waals surface area contributed by atoms with Gasteiger partial charge in [0.25, 0.3) is 0 Å². The van der Waals surface area contributed by atoms with Gasteiger partial charge in [-0.15, -0.1) is 0 Å². The van der Waals surface area contributed by atoms with E-state index in [0.717, 1.165) is 11.3 Å². The Hall–Kier alpha value is -2.89. The number of nitrogens with one attached hydrogen (secondary N) is 1. The van der Waals surface area contributed by atoms with Crippen molar-refractivity contribution in [1.82, 2.24) is 0 Å². The minimum absolute atomic E-state index is 0.0863. The number of benzene rings is 2. The molecule has 0 fully saturated rings. The summed E-state index contributed by atoms with van der Waals surface area (Å²) < 4.78 is 4.94. The van der Waals surface area contributed by atoms with Crippen LogP contribution in [-0.4, -0.2) is 18.2 Å². The van der Waals surface area contributed by atoms with E-state index in [1.165, 1.54) is 19.4 Å². The van der Waals surface area contributed by atoms with Gasteiger partial charge in [0.2, 0.25) is 0 Å². The molecule has 0 aliphatic heterocycles. The van der Waals surface area contributed by atoms with Crippen LogP contribution in [0.15, 0.2) is 47.6 Å². The smallest absolute Gasteiger partial charge is 0.311 e. The SMILES string of the molecule is COc1ccc(/C=N/Nc2ccc(C)cc2)cc1[N+](=O)[O-]. The molecule has 0 saturated heterocycles. The van der Waals surface area contributed by atoms with Crippen LogP contribution in [0.1, 0.15) is 11.1 Å². The molecule has 21 heavy (non-hydrogen) atoms. The lowest BCUT2D eigenvalue weighted by Crippen LogP contribution is -1.96. The molecule has 2 aromatic carbocycles. The second-order valence-corrected chi connectivity index (χ2v) is 4.42. The maximum Gasteiger partial charge on any atom is 0.311 e. The number of hydrazone groups is 1. The van der Waals surface area contributed by atoms with Crippen LogP contribution in [0.3, 0.4) is 0 Å². The van der Waals surface area contributed by atoms with E-state index in [1.807, 2.05) is 31.2 Å². The summed E-state index contributed by atoms with van der Waals surface area (Å²) in [6.45, 7) is 2.00. The Morgan fingerprint density at radius 1 is 1.24 bits per heavy atom. The van der Waals surface area contributed by atoms with E-state index < -0.39 is 4.92 Å². The third-order valence-corrected chi connectivity index (χ3v) is 2.86. The molecule has 0 aliphatic rings. The van der Waals surface area contributed by atoms with Crippen LogP contribution in [0.25, 0.3) is 0 Å². The summed E-state index contributed by atoms with van der Waals surface area (Å²) in [7, 11) is 1.40. The van der Waals surface area contributed by atoms with Crippen molar-refractivity contribution in [2.24, 2.45) is 5.10 Å². The lowest BCUT2D eigenvalue weighted by Gasteiger charge is -2.02. The predicted octanol–water partition coefficient (Wildman–Crippen LogP) is 3.36. The first kappa shape index (κ1) is 14.5. The van der Waals surface area contributed by atoms with Gasteiger partial charge in [0.1, 0.15) is 0 Å². The van der Waals surface area contributed by atoms with Crippen LogP contribution in [-0.2, 0) is 0 Å². The van der Waals surface area contributed by atoms with Crippen LogP contribution in [0.2, 0.25) is 0 Å². The van der Waals surface area contributed by atoms with Crippen LogP contribution in [0.5, 0.6) is 5.75 Å². The van der Waals surface area contributed by atoms with Gasteiger partial charge in [0.15, 0.2) is 5.75 Å². The third kappa shape index (κ3) is 3.79. The highest BCUT2D eigenvalue weighted by molar-refractivity contribution is 5.82. The monoisotopic (exact) mass is 285 g/mol. The number of methoxy groups -OCH3 is 1. The standard InChI is InChI=1S/C15H15N3O3/c1-11-3-6-13(7-4-11)17-16-10-12-5-8-15(21-2)14(9-12)18(19)20/h3-10,17H,1-2H3/b16-10+. The first-order chi connectivity index (χ1) is 10.1. The zero-order valence-electron chi connectivity index (χ0n) is 11.7. The number of hydrogen-bond acceptors (Lipinski definition) is 5. The molecule has 0 amide bonds. The van der Waals surface area contributed by atoms with Crippen LogP contribution in [0.4, 0.5) is 11.4 Å². The van der Waals surface area contributed by atoms with E-state index in [9.17, 15) is 10.1 Å². The van der Waals surface area contributed by atoms with Crippen LogP contribution < -0.4 is 10.2 Å². The van der Waals surface area contributed by atoms with Crippen molar-refractivity contribution in [3.8, 4) is 5.75 Å². The van der Waals surface area contributed by atoms with Gasteiger partial charge in [-0.3, -0.25) is 15.5 Å². The number of aryl methyl sites for hydroxylation is 1. The molecule has 1 N–H and O–H groups in total. The summed E-state index contributed by atoms with van der Waals surface area (Å²) in [5.41, 5.74) is 5.40. The van der Waals surface area contributed by atoms with Crippen molar-refractivity contribution in [3.05, 3.63) is 63.7 Å². The molecule has 0 bridgehead atoms. The average Bonchev–Trinajstić information content (AvgIpc) is 2.49. The minimum Gasteiger partial charge on any atom is -0.490 e. The third-order valence-electron chi connectivity index (χ3n) is 2.86. The van der Waals surface area contributed by atoms with Gasteiger partial charge in [0, 0.05) is 11.6 Å². The van der Waals surface area contributed by atoms with E-state index in [2.05, 4.69) is 10.5 Å². The quantitative estimate of drug-likeness (QED) is 0.519. The molecule has 0 aliphatic carbocycles. The Morgan fingerprint density at radius 2 is 1.95 bits per heavy atom. The molecular formula is C15H15N3O3. The first-order valence-corrected chi connectivity index (χ1v) is 6.28. The summed E-state index contributed by atoms with van der Waals surface area (Å²) >= 11 is 0. The molecule has 0 heterocycles. The van der Waals surface area contributed by atoms with E-state index in [4.69, 9.17) is 4.74 Å². The molecule has 0 aromatic heterocycles. The summed E-state index contributed by atoms with van der Waals surface area (Å²) in [5.74, 6) is 0.226. The fraction of sp³-hybridized carbons (Fsp3) is 0.133. The molecule has 6 heteroatoms. The Balaban J connectivity index is 2.12. The van der Waals surface area contributed by atoms with Crippen molar-refractivity contribution < 1.29 is 9.66 Å². The molecule has 2 aromatic rings. The van der Waals surface area contributed by atoms with Gasteiger partial charge < -0.3 is 4.74 Å². The number of rotatable bonds is 5. The van der Waals surface area contributed by atoms with Crippen LogP contribution in [0, 0.1) is 17.0 Å². The highest BCUT2D eigenvalue weighted by atomic mass is 16.6. The van der Waals surface area contributed by atoms with Crippen molar-refractivity contribution in [3.63, 3.8) is 0 Å². The first-order valence-electron chi connectivity index (χ1n) is 6.28. The van der Waals surface area contributed by atoms with Crippen molar-refractivity contribution >= 4 is 17.6 Å². The van der Waals surface area contributed by atoms with Crippen molar-refractivity contribution in [1.29, 1.82) is 0 Å². The number of nitro groups is 1. The molecule has 0 unspecified atom stereocenters. The fourth-order valence-electron chi connectivity index (χ4n) is 1.74.